The van der Waals surface area contributed by atoms with Crippen LogP contribution in [0.4, 0.5) is 0 Å². The van der Waals surface area contributed by atoms with Crippen molar-refractivity contribution in [3.8, 4) is 0 Å². The minimum Gasteiger partial charge on any atom is -0.478 e. The second-order valence-corrected chi connectivity index (χ2v) is 6.53. The third-order valence-corrected chi connectivity index (χ3v) is 4.61. The van der Waals surface area contributed by atoms with Crippen LogP contribution in [0.15, 0.2) is 57.6 Å². The lowest BCUT2D eigenvalue weighted by atomic mass is 10.1. The summed E-state index contributed by atoms with van der Waals surface area (Å²) in [6, 6.07) is 13.3. The monoisotopic (exact) mass is 407 g/mol. The average molecular weight is 409 g/mol. The van der Waals surface area contributed by atoms with Crippen molar-refractivity contribution in [1.82, 2.24) is 4.57 Å². The first-order valence-corrected chi connectivity index (χ1v) is 7.89. The molecule has 0 bridgehead atoms. The van der Waals surface area contributed by atoms with Gasteiger partial charge in [-0.05, 0) is 42.0 Å². The third-order valence-electron chi connectivity index (χ3n) is 3.37. The first kappa shape index (κ1) is 14.4. The van der Waals surface area contributed by atoms with Crippen molar-refractivity contribution < 1.29 is 9.90 Å². The molecule has 1 heterocycles. The number of nitrogens with zero attached hydrogens (tertiary/aromatic N) is 1. The summed E-state index contributed by atoms with van der Waals surface area (Å²) in [6.45, 7) is 0.686. The van der Waals surface area contributed by atoms with E-state index in [0.717, 1.165) is 20.0 Å². The van der Waals surface area contributed by atoms with Crippen LogP contribution in [0.5, 0.6) is 0 Å². The molecule has 0 aliphatic carbocycles. The van der Waals surface area contributed by atoms with E-state index >= 15 is 0 Å². The molecule has 0 saturated heterocycles. The number of rotatable bonds is 3. The Labute approximate surface area is 138 Å². The van der Waals surface area contributed by atoms with Gasteiger partial charge >= 0.3 is 5.97 Å². The van der Waals surface area contributed by atoms with Gasteiger partial charge in [0.25, 0.3) is 0 Å². The van der Waals surface area contributed by atoms with Gasteiger partial charge in [0.05, 0.1) is 5.56 Å². The van der Waals surface area contributed by atoms with Crippen LogP contribution in [-0.2, 0) is 6.54 Å². The maximum absolute atomic E-state index is 11.0. The van der Waals surface area contributed by atoms with Gasteiger partial charge in [0.15, 0.2) is 0 Å². The quantitative estimate of drug-likeness (QED) is 0.668. The first-order chi connectivity index (χ1) is 10.0. The number of carbonyl (C=O) groups is 1. The van der Waals surface area contributed by atoms with Crippen LogP contribution in [0.2, 0.25) is 0 Å². The number of carboxylic acid groups (broad SMARTS) is 1. The van der Waals surface area contributed by atoms with E-state index in [4.69, 9.17) is 5.11 Å². The molecule has 0 aliphatic heterocycles. The highest BCUT2D eigenvalue weighted by Crippen LogP contribution is 2.24. The Kier molecular flexibility index (Phi) is 3.87. The van der Waals surface area contributed by atoms with Crippen LogP contribution in [0.3, 0.4) is 0 Å². The smallest absolute Gasteiger partial charge is 0.335 e. The van der Waals surface area contributed by atoms with Crippen molar-refractivity contribution in [2.24, 2.45) is 0 Å². The van der Waals surface area contributed by atoms with E-state index in [1.165, 1.54) is 5.39 Å². The molecule has 5 heteroatoms. The van der Waals surface area contributed by atoms with Crippen LogP contribution in [0.25, 0.3) is 10.9 Å². The maximum atomic E-state index is 11.0. The highest BCUT2D eigenvalue weighted by Gasteiger charge is 2.08. The molecule has 1 N–H and O–H groups in total. The number of aromatic carboxylic acids is 1. The fourth-order valence-electron chi connectivity index (χ4n) is 2.30. The van der Waals surface area contributed by atoms with Crippen molar-refractivity contribution in [2.75, 3.05) is 0 Å². The molecule has 0 aliphatic rings. The second kappa shape index (κ2) is 5.66. The Bertz CT molecular complexity index is 839. The predicted molar refractivity (Wildman–Crippen MR) is 89.8 cm³/mol. The average Bonchev–Trinajstić information content (AvgIpc) is 2.83. The Balaban J connectivity index is 1.97. The highest BCUT2D eigenvalue weighted by atomic mass is 79.9. The molecule has 0 fully saturated rings. The number of hydrogen-bond donors (Lipinski definition) is 1. The van der Waals surface area contributed by atoms with Gasteiger partial charge < -0.3 is 9.67 Å². The van der Waals surface area contributed by atoms with Gasteiger partial charge in [-0.1, -0.05) is 37.9 Å². The van der Waals surface area contributed by atoms with Gasteiger partial charge in [0, 0.05) is 32.6 Å². The Morgan fingerprint density at radius 3 is 2.62 bits per heavy atom. The molecule has 3 rings (SSSR count). The van der Waals surface area contributed by atoms with Crippen molar-refractivity contribution in [3.05, 3.63) is 68.7 Å². The van der Waals surface area contributed by atoms with Crippen molar-refractivity contribution >= 4 is 48.7 Å². The number of hydrogen-bond acceptors (Lipinski definition) is 1. The molecule has 0 saturated carbocycles. The minimum atomic E-state index is -0.918. The van der Waals surface area contributed by atoms with Gasteiger partial charge in [0.2, 0.25) is 0 Å². The number of aromatic nitrogens is 1. The summed E-state index contributed by atoms with van der Waals surface area (Å²) in [5, 5.41) is 10.2. The highest BCUT2D eigenvalue weighted by molar-refractivity contribution is 9.10. The predicted octanol–water partition coefficient (Wildman–Crippen LogP) is 4.91. The lowest BCUT2D eigenvalue weighted by molar-refractivity contribution is 0.0697. The molecule has 0 radical (unpaired) electrons. The fraction of sp³-hybridized carbons (Fsp3) is 0.0625. The topological polar surface area (TPSA) is 42.2 Å². The minimum absolute atomic E-state index is 0.284. The van der Waals surface area contributed by atoms with Crippen LogP contribution < -0.4 is 0 Å². The Morgan fingerprint density at radius 2 is 1.90 bits per heavy atom. The van der Waals surface area contributed by atoms with Gasteiger partial charge in [-0.15, -0.1) is 0 Å². The van der Waals surface area contributed by atoms with E-state index in [-0.39, 0.29) is 5.56 Å². The number of halogens is 2. The van der Waals surface area contributed by atoms with E-state index in [1.807, 2.05) is 18.3 Å². The van der Waals surface area contributed by atoms with Crippen LogP contribution in [-0.4, -0.2) is 15.6 Å². The lowest BCUT2D eigenvalue weighted by Crippen LogP contribution is -2.01. The normalized spacial score (nSPS) is 11.0. The van der Waals surface area contributed by atoms with Crippen molar-refractivity contribution in [2.45, 2.75) is 6.54 Å². The lowest BCUT2D eigenvalue weighted by Gasteiger charge is -2.09. The van der Waals surface area contributed by atoms with E-state index in [1.54, 1.807) is 12.1 Å². The number of carboxylic acids is 1. The number of fused-ring (bicyclic) bond motifs is 1. The standard InChI is InChI=1S/C16H11Br2NO2/c17-13-3-4-15-10(7-13)5-6-19(15)9-12-2-1-11(16(20)21)8-14(12)18/h1-8H,9H2,(H,20,21). The van der Waals surface area contributed by atoms with Gasteiger partial charge in [-0.2, -0.15) is 0 Å². The van der Waals surface area contributed by atoms with E-state index in [2.05, 4.69) is 54.6 Å². The van der Waals surface area contributed by atoms with Gasteiger partial charge in [0.1, 0.15) is 0 Å². The van der Waals surface area contributed by atoms with Gasteiger partial charge in [-0.25, -0.2) is 4.79 Å². The van der Waals surface area contributed by atoms with Crippen molar-refractivity contribution in [1.29, 1.82) is 0 Å². The molecule has 21 heavy (non-hydrogen) atoms. The molecule has 2 aromatic carbocycles. The summed E-state index contributed by atoms with van der Waals surface area (Å²) in [5.74, 6) is -0.918. The Hall–Kier alpha value is -1.59. The molecular weight excluding hydrogens is 398 g/mol. The first-order valence-electron chi connectivity index (χ1n) is 6.31. The second-order valence-electron chi connectivity index (χ2n) is 4.76. The molecule has 1 aromatic heterocycles. The fourth-order valence-corrected chi connectivity index (χ4v) is 3.18. The summed E-state index contributed by atoms with van der Waals surface area (Å²) in [7, 11) is 0. The summed E-state index contributed by atoms with van der Waals surface area (Å²) in [4.78, 5) is 11.0. The largest absolute Gasteiger partial charge is 0.478 e. The zero-order chi connectivity index (χ0) is 15.0. The Morgan fingerprint density at radius 1 is 1.10 bits per heavy atom. The van der Waals surface area contributed by atoms with Crippen LogP contribution in [0, 0.1) is 0 Å². The SMILES string of the molecule is O=C(O)c1ccc(Cn2ccc3cc(Br)ccc32)c(Br)c1. The van der Waals surface area contributed by atoms with Crippen LogP contribution in [0.1, 0.15) is 15.9 Å². The summed E-state index contributed by atoms with van der Waals surface area (Å²) < 4.78 is 4.00. The summed E-state index contributed by atoms with van der Waals surface area (Å²) in [6.07, 6.45) is 2.04. The zero-order valence-corrected chi connectivity index (χ0v) is 14.1. The van der Waals surface area contributed by atoms with E-state index < -0.39 is 5.97 Å². The molecule has 0 spiro atoms. The zero-order valence-electron chi connectivity index (χ0n) is 10.9. The third kappa shape index (κ3) is 2.89. The van der Waals surface area contributed by atoms with E-state index in [9.17, 15) is 4.79 Å². The molecule has 0 unspecified atom stereocenters. The molecule has 3 aromatic rings. The molecule has 106 valence electrons. The molecular formula is C16H11Br2NO2. The molecule has 3 nitrogen and oxygen atoms in total. The maximum Gasteiger partial charge on any atom is 0.335 e. The molecule has 0 amide bonds. The van der Waals surface area contributed by atoms with Gasteiger partial charge in [-0.3, -0.25) is 0 Å². The molecule has 0 atom stereocenters. The summed E-state index contributed by atoms with van der Waals surface area (Å²) >= 11 is 6.92. The summed E-state index contributed by atoms with van der Waals surface area (Å²) in [5.41, 5.74) is 2.47. The van der Waals surface area contributed by atoms with E-state index in [0.29, 0.717) is 6.54 Å². The number of benzene rings is 2. The van der Waals surface area contributed by atoms with Crippen LogP contribution >= 0.6 is 31.9 Å². The van der Waals surface area contributed by atoms with Crippen molar-refractivity contribution in [3.63, 3.8) is 0 Å².